The van der Waals surface area contributed by atoms with Crippen LogP contribution in [-0.2, 0) is 4.79 Å². The SMILES string of the molecule is CC1Oc2c(cccc2C(=O)Nc2ccccc2NC23CC4CC(CC(C4)C2)C3)NC1=O. The second kappa shape index (κ2) is 7.26. The lowest BCUT2D eigenvalue weighted by Gasteiger charge is -2.57. The van der Waals surface area contributed by atoms with Crippen molar-refractivity contribution in [2.45, 2.75) is 57.1 Å². The molecule has 6 heteroatoms. The largest absolute Gasteiger partial charge is 0.478 e. The molecular weight excluding hydrogens is 402 g/mol. The molecular formula is C26H29N3O3. The van der Waals surface area contributed by atoms with Gasteiger partial charge in [-0.2, -0.15) is 0 Å². The number of nitrogens with one attached hydrogen (secondary N) is 3. The van der Waals surface area contributed by atoms with Crippen molar-refractivity contribution in [2.24, 2.45) is 17.8 Å². The molecule has 4 fully saturated rings. The van der Waals surface area contributed by atoms with Gasteiger partial charge in [0.1, 0.15) is 0 Å². The van der Waals surface area contributed by atoms with Crippen LogP contribution in [-0.4, -0.2) is 23.5 Å². The average Bonchev–Trinajstić information content (AvgIpc) is 2.74. The number of rotatable bonds is 4. The lowest BCUT2D eigenvalue weighted by atomic mass is 9.53. The van der Waals surface area contributed by atoms with E-state index in [9.17, 15) is 9.59 Å². The fourth-order valence-electron chi connectivity index (χ4n) is 6.85. The normalized spacial score (nSPS) is 32.0. The van der Waals surface area contributed by atoms with Gasteiger partial charge < -0.3 is 20.7 Å². The molecule has 0 aromatic heterocycles. The fourth-order valence-corrected chi connectivity index (χ4v) is 6.85. The quantitative estimate of drug-likeness (QED) is 0.634. The maximum Gasteiger partial charge on any atom is 0.265 e. The van der Waals surface area contributed by atoms with Gasteiger partial charge in [0.25, 0.3) is 11.8 Å². The number of carbonyl (C=O) groups excluding carboxylic acids is 2. The minimum absolute atomic E-state index is 0.157. The number of fused-ring (bicyclic) bond motifs is 1. The molecule has 2 amide bonds. The molecule has 0 spiro atoms. The molecule has 5 aliphatic rings. The highest BCUT2D eigenvalue weighted by Gasteiger charge is 2.51. The van der Waals surface area contributed by atoms with E-state index >= 15 is 0 Å². The molecule has 32 heavy (non-hydrogen) atoms. The third-order valence-electron chi connectivity index (χ3n) is 7.79. The number of hydrogen-bond donors (Lipinski definition) is 3. The Bertz CT molecular complexity index is 1060. The maximum absolute atomic E-state index is 13.3. The first kappa shape index (κ1) is 19.6. The minimum Gasteiger partial charge on any atom is -0.478 e. The van der Waals surface area contributed by atoms with E-state index in [0.29, 0.717) is 17.0 Å². The van der Waals surface area contributed by atoms with E-state index in [-0.39, 0.29) is 17.4 Å². The predicted molar refractivity (Wildman–Crippen MR) is 124 cm³/mol. The van der Waals surface area contributed by atoms with Crippen LogP contribution in [0.3, 0.4) is 0 Å². The molecule has 166 valence electrons. The van der Waals surface area contributed by atoms with Crippen LogP contribution in [0.2, 0.25) is 0 Å². The molecule has 1 atom stereocenters. The second-order valence-electron chi connectivity index (χ2n) is 10.3. The summed E-state index contributed by atoms with van der Waals surface area (Å²) in [4.78, 5) is 25.2. The van der Waals surface area contributed by atoms with Gasteiger partial charge in [0.05, 0.1) is 22.6 Å². The summed E-state index contributed by atoms with van der Waals surface area (Å²) in [6, 6.07) is 13.2. The molecule has 1 heterocycles. The van der Waals surface area contributed by atoms with Crippen LogP contribution in [0.15, 0.2) is 42.5 Å². The summed E-state index contributed by atoms with van der Waals surface area (Å²) in [5.41, 5.74) is 2.86. The third kappa shape index (κ3) is 3.33. The van der Waals surface area contributed by atoms with Crippen molar-refractivity contribution in [1.82, 2.24) is 0 Å². The zero-order valence-corrected chi connectivity index (χ0v) is 18.3. The Morgan fingerprint density at radius 1 is 0.969 bits per heavy atom. The summed E-state index contributed by atoms with van der Waals surface area (Å²) >= 11 is 0. The zero-order chi connectivity index (χ0) is 21.9. The third-order valence-corrected chi connectivity index (χ3v) is 7.79. The molecule has 7 rings (SSSR count). The Morgan fingerprint density at radius 2 is 1.62 bits per heavy atom. The highest BCUT2D eigenvalue weighted by atomic mass is 16.5. The lowest BCUT2D eigenvalue weighted by molar-refractivity contribution is -0.122. The van der Waals surface area contributed by atoms with Crippen molar-refractivity contribution < 1.29 is 14.3 Å². The number of anilines is 3. The summed E-state index contributed by atoms with van der Waals surface area (Å²) in [5, 5.41) is 9.78. The van der Waals surface area contributed by atoms with Crippen molar-refractivity contribution in [3.05, 3.63) is 48.0 Å². The molecule has 1 unspecified atom stereocenters. The molecule has 3 N–H and O–H groups in total. The van der Waals surface area contributed by atoms with Crippen molar-refractivity contribution in [2.75, 3.05) is 16.0 Å². The van der Waals surface area contributed by atoms with Gasteiger partial charge >= 0.3 is 0 Å². The number of amides is 2. The lowest BCUT2D eigenvalue weighted by Crippen LogP contribution is -2.54. The van der Waals surface area contributed by atoms with Crippen LogP contribution in [0.4, 0.5) is 17.1 Å². The second-order valence-corrected chi connectivity index (χ2v) is 10.3. The summed E-state index contributed by atoms with van der Waals surface area (Å²) in [6.45, 7) is 1.68. The van der Waals surface area contributed by atoms with Crippen molar-refractivity contribution >= 4 is 28.9 Å². The van der Waals surface area contributed by atoms with Crippen LogP contribution in [0.25, 0.3) is 0 Å². The number of benzene rings is 2. The Hall–Kier alpha value is -3.02. The fraction of sp³-hybridized carbons (Fsp3) is 0.462. The molecule has 4 bridgehead atoms. The van der Waals surface area contributed by atoms with Crippen molar-refractivity contribution in [1.29, 1.82) is 0 Å². The summed E-state index contributed by atoms with van der Waals surface area (Å²) in [5.74, 6) is 2.51. The first-order chi connectivity index (χ1) is 15.5. The van der Waals surface area contributed by atoms with Gasteiger partial charge in [-0.05, 0) is 87.5 Å². The Balaban J connectivity index is 1.26. The van der Waals surface area contributed by atoms with Crippen LogP contribution in [0.5, 0.6) is 5.75 Å². The summed E-state index contributed by atoms with van der Waals surface area (Å²) in [7, 11) is 0. The monoisotopic (exact) mass is 431 g/mol. The number of hydrogen-bond acceptors (Lipinski definition) is 4. The smallest absolute Gasteiger partial charge is 0.265 e. The molecule has 4 aliphatic carbocycles. The summed E-state index contributed by atoms with van der Waals surface area (Å²) in [6.07, 6.45) is 7.26. The molecule has 2 aromatic carbocycles. The molecule has 2 aromatic rings. The van der Waals surface area contributed by atoms with Gasteiger partial charge in [-0.1, -0.05) is 18.2 Å². The van der Waals surface area contributed by atoms with E-state index in [1.54, 1.807) is 25.1 Å². The van der Waals surface area contributed by atoms with E-state index in [1.165, 1.54) is 38.5 Å². The minimum atomic E-state index is -0.638. The maximum atomic E-state index is 13.3. The van der Waals surface area contributed by atoms with E-state index in [4.69, 9.17) is 4.74 Å². The van der Waals surface area contributed by atoms with E-state index in [2.05, 4.69) is 22.0 Å². The van der Waals surface area contributed by atoms with Crippen molar-refractivity contribution in [3.8, 4) is 5.75 Å². The first-order valence-corrected chi connectivity index (χ1v) is 11.8. The van der Waals surface area contributed by atoms with Crippen LogP contribution in [0.1, 0.15) is 55.8 Å². The van der Waals surface area contributed by atoms with Gasteiger partial charge in [0, 0.05) is 5.54 Å². The average molecular weight is 432 g/mol. The van der Waals surface area contributed by atoms with Gasteiger partial charge in [0.2, 0.25) is 0 Å². The standard InChI is InChI=1S/C26H29N3O3/c1-15-24(30)28-22-8-4-5-19(23(22)32-15)25(31)27-20-6-2-3-7-21(20)29-26-12-16-9-17(13-26)11-18(10-16)14-26/h2-8,15-18,29H,9-14H2,1H3,(H,27,31)(H,28,30). The highest BCUT2D eigenvalue weighted by molar-refractivity contribution is 6.10. The molecule has 6 nitrogen and oxygen atoms in total. The van der Waals surface area contributed by atoms with Gasteiger partial charge in [-0.3, -0.25) is 9.59 Å². The van der Waals surface area contributed by atoms with Crippen LogP contribution in [0, 0.1) is 17.8 Å². The molecule has 4 saturated carbocycles. The van der Waals surface area contributed by atoms with E-state index < -0.39 is 6.10 Å². The predicted octanol–water partition coefficient (Wildman–Crippen LogP) is 5.04. The van der Waals surface area contributed by atoms with Gasteiger partial charge in [0.15, 0.2) is 11.9 Å². The number of para-hydroxylation sites is 3. The first-order valence-electron chi connectivity index (χ1n) is 11.8. The van der Waals surface area contributed by atoms with Gasteiger partial charge in [-0.15, -0.1) is 0 Å². The Kier molecular flexibility index (Phi) is 4.46. The van der Waals surface area contributed by atoms with Crippen LogP contribution < -0.4 is 20.7 Å². The number of ether oxygens (including phenoxy) is 1. The highest BCUT2D eigenvalue weighted by Crippen LogP contribution is 2.56. The summed E-state index contributed by atoms with van der Waals surface area (Å²) < 4.78 is 5.77. The molecule has 0 saturated heterocycles. The van der Waals surface area contributed by atoms with Gasteiger partial charge in [-0.25, -0.2) is 0 Å². The van der Waals surface area contributed by atoms with E-state index in [1.807, 2.05) is 18.2 Å². The Labute approximate surface area is 188 Å². The zero-order valence-electron chi connectivity index (χ0n) is 18.3. The van der Waals surface area contributed by atoms with E-state index in [0.717, 1.165) is 29.1 Å². The molecule has 1 aliphatic heterocycles. The Morgan fingerprint density at radius 3 is 2.31 bits per heavy atom. The van der Waals surface area contributed by atoms with Crippen LogP contribution >= 0.6 is 0 Å². The topological polar surface area (TPSA) is 79.5 Å². The number of carbonyl (C=O) groups is 2. The molecule has 0 radical (unpaired) electrons. The van der Waals surface area contributed by atoms with Crippen molar-refractivity contribution in [3.63, 3.8) is 0 Å².